The van der Waals surface area contributed by atoms with E-state index < -0.39 is 34.6 Å². The van der Waals surface area contributed by atoms with Gasteiger partial charge in [0.15, 0.2) is 0 Å². The Balaban J connectivity index is 1.42. The zero-order valence-corrected chi connectivity index (χ0v) is 20.4. The highest BCUT2D eigenvalue weighted by Crippen LogP contribution is 2.36. The van der Waals surface area contributed by atoms with Crippen LogP contribution in [-0.2, 0) is 4.74 Å². The average molecular weight is 511 g/mol. The Kier molecular flexibility index (Phi) is 7.53. The van der Waals surface area contributed by atoms with Gasteiger partial charge in [0, 0.05) is 25.5 Å². The normalized spacial score (nSPS) is 20.5. The fourth-order valence-corrected chi connectivity index (χ4v) is 5.39. The van der Waals surface area contributed by atoms with Crippen LogP contribution in [-0.4, -0.2) is 35.1 Å². The van der Waals surface area contributed by atoms with Gasteiger partial charge < -0.3 is 15.8 Å². The van der Waals surface area contributed by atoms with Crippen LogP contribution in [0.1, 0.15) is 72.0 Å². The van der Waals surface area contributed by atoms with Gasteiger partial charge in [0.05, 0.1) is 17.4 Å². The Morgan fingerprint density at radius 1 is 0.973 bits per heavy atom. The third-order valence-corrected chi connectivity index (χ3v) is 7.33. The molecule has 1 aliphatic heterocycles. The molecular formula is C28H29F3N4O2. The molecule has 1 saturated heterocycles. The molecule has 0 bridgehead atoms. The van der Waals surface area contributed by atoms with Crippen LogP contribution in [0, 0.1) is 17.5 Å². The molecule has 2 atom stereocenters. The molecule has 0 radical (unpaired) electrons. The molecule has 3 aromatic rings. The van der Waals surface area contributed by atoms with Crippen LogP contribution < -0.4 is 11.1 Å². The van der Waals surface area contributed by atoms with Gasteiger partial charge in [-0.1, -0.05) is 6.42 Å². The third-order valence-electron chi connectivity index (χ3n) is 7.33. The molecule has 1 saturated carbocycles. The van der Waals surface area contributed by atoms with Gasteiger partial charge in [-0.2, -0.15) is 0 Å². The molecule has 194 valence electrons. The Morgan fingerprint density at radius 3 is 2.46 bits per heavy atom. The maximum Gasteiger partial charge on any atom is 0.274 e. The summed E-state index contributed by atoms with van der Waals surface area (Å²) in [4.78, 5) is 21.2. The van der Waals surface area contributed by atoms with E-state index in [-0.39, 0.29) is 23.6 Å². The van der Waals surface area contributed by atoms with Gasteiger partial charge in [-0.3, -0.25) is 9.78 Å². The van der Waals surface area contributed by atoms with E-state index in [2.05, 4.69) is 15.3 Å². The smallest absolute Gasteiger partial charge is 0.274 e. The lowest BCUT2D eigenvalue weighted by Gasteiger charge is -2.28. The van der Waals surface area contributed by atoms with Crippen molar-refractivity contribution in [1.82, 2.24) is 9.97 Å². The number of carbonyl (C=O) groups is 1. The largest absolute Gasteiger partial charge is 0.381 e. The van der Waals surface area contributed by atoms with Gasteiger partial charge in [0.2, 0.25) is 0 Å². The second-order valence-corrected chi connectivity index (χ2v) is 9.81. The summed E-state index contributed by atoms with van der Waals surface area (Å²) in [6.45, 7) is 1.05. The molecule has 9 heteroatoms. The fourth-order valence-electron chi connectivity index (χ4n) is 5.39. The molecule has 2 aromatic heterocycles. The van der Waals surface area contributed by atoms with Gasteiger partial charge in [-0.05, 0) is 85.4 Å². The number of ether oxygens (including phenoxy) is 1. The summed E-state index contributed by atoms with van der Waals surface area (Å²) < 4.78 is 50.3. The number of nitrogens with one attached hydrogen (secondary N) is 1. The second-order valence-electron chi connectivity index (χ2n) is 9.81. The van der Waals surface area contributed by atoms with Gasteiger partial charge in [0.25, 0.3) is 5.91 Å². The Bertz CT molecular complexity index is 1270. The van der Waals surface area contributed by atoms with Gasteiger partial charge >= 0.3 is 0 Å². The lowest BCUT2D eigenvalue weighted by Crippen LogP contribution is -2.27. The highest BCUT2D eigenvalue weighted by molar-refractivity contribution is 6.03. The van der Waals surface area contributed by atoms with Crippen LogP contribution >= 0.6 is 0 Å². The summed E-state index contributed by atoms with van der Waals surface area (Å²) in [5.41, 5.74) is 6.77. The van der Waals surface area contributed by atoms with Crippen molar-refractivity contribution >= 4 is 11.6 Å². The van der Waals surface area contributed by atoms with Crippen molar-refractivity contribution in [2.75, 3.05) is 18.5 Å². The van der Waals surface area contributed by atoms with Crippen LogP contribution in [0.5, 0.6) is 0 Å². The number of rotatable bonds is 5. The monoisotopic (exact) mass is 510 g/mol. The minimum Gasteiger partial charge on any atom is -0.381 e. The SMILES string of the molecule is NC1CCCC(c2ccncc2NC(=O)c2ccc(F)c(-c3c(F)cc(C4CCOCC4)cc3F)n2)C1. The van der Waals surface area contributed by atoms with Crippen molar-refractivity contribution in [3.63, 3.8) is 0 Å². The summed E-state index contributed by atoms with van der Waals surface area (Å²) in [5.74, 6) is -3.26. The molecule has 1 amide bonds. The molecular weight excluding hydrogens is 481 g/mol. The minimum atomic E-state index is -0.925. The van der Waals surface area contributed by atoms with Crippen LogP contribution in [0.25, 0.3) is 11.3 Å². The molecule has 6 nitrogen and oxygen atoms in total. The van der Waals surface area contributed by atoms with Crippen molar-refractivity contribution in [3.8, 4) is 11.3 Å². The van der Waals surface area contributed by atoms with E-state index in [1.807, 2.05) is 6.07 Å². The number of aromatic nitrogens is 2. The number of nitrogens with two attached hydrogens (primary N) is 1. The van der Waals surface area contributed by atoms with Gasteiger partial charge in [-0.25, -0.2) is 18.2 Å². The Morgan fingerprint density at radius 2 is 1.73 bits per heavy atom. The highest BCUT2D eigenvalue weighted by atomic mass is 19.1. The molecule has 2 aliphatic rings. The first kappa shape index (κ1) is 25.4. The predicted molar refractivity (Wildman–Crippen MR) is 134 cm³/mol. The maximum atomic E-state index is 15.1. The zero-order valence-electron chi connectivity index (χ0n) is 20.4. The number of anilines is 1. The van der Waals surface area contributed by atoms with Crippen LogP contribution in [0.4, 0.5) is 18.9 Å². The zero-order chi connectivity index (χ0) is 25.9. The minimum absolute atomic E-state index is 0.0332. The maximum absolute atomic E-state index is 15.1. The Hall–Kier alpha value is -3.30. The quantitative estimate of drug-likeness (QED) is 0.460. The average Bonchev–Trinajstić information content (AvgIpc) is 2.90. The molecule has 37 heavy (non-hydrogen) atoms. The molecule has 5 rings (SSSR count). The van der Waals surface area contributed by atoms with E-state index in [9.17, 15) is 9.18 Å². The summed E-state index contributed by atoms with van der Waals surface area (Å²) in [5, 5.41) is 2.79. The lowest BCUT2D eigenvalue weighted by molar-refractivity contribution is 0.0852. The molecule has 0 spiro atoms. The highest BCUT2D eigenvalue weighted by Gasteiger charge is 2.26. The molecule has 1 aliphatic carbocycles. The number of pyridine rings is 2. The van der Waals surface area contributed by atoms with E-state index in [0.717, 1.165) is 37.3 Å². The summed E-state index contributed by atoms with van der Waals surface area (Å²) >= 11 is 0. The van der Waals surface area contributed by atoms with Crippen molar-refractivity contribution in [2.45, 2.75) is 56.4 Å². The van der Waals surface area contributed by atoms with Crippen LogP contribution in [0.3, 0.4) is 0 Å². The standard InChI is InChI=1S/C28H29F3N4O2/c29-21-4-5-24(28(36)35-25-15-33-9-6-20(25)17-2-1-3-19(32)12-17)34-27(21)26-22(30)13-18(14-23(26)31)16-7-10-37-11-8-16/h4-6,9,13-17,19H,1-3,7-8,10-12,32H2,(H,35,36). The van der Waals surface area contributed by atoms with Crippen molar-refractivity contribution in [3.05, 3.63) is 77.0 Å². The topological polar surface area (TPSA) is 90.1 Å². The van der Waals surface area contributed by atoms with Crippen molar-refractivity contribution in [2.24, 2.45) is 5.73 Å². The van der Waals surface area contributed by atoms with Crippen molar-refractivity contribution in [1.29, 1.82) is 0 Å². The van der Waals surface area contributed by atoms with Crippen LogP contribution in [0.2, 0.25) is 0 Å². The van der Waals surface area contributed by atoms with Gasteiger partial charge in [-0.15, -0.1) is 0 Å². The number of hydrogen-bond donors (Lipinski definition) is 2. The van der Waals surface area contributed by atoms with E-state index in [0.29, 0.717) is 37.3 Å². The first-order valence-electron chi connectivity index (χ1n) is 12.6. The van der Waals surface area contributed by atoms with E-state index in [4.69, 9.17) is 10.5 Å². The van der Waals surface area contributed by atoms with Crippen LogP contribution in [0.15, 0.2) is 42.7 Å². The third kappa shape index (κ3) is 5.52. The predicted octanol–water partition coefficient (Wildman–Crippen LogP) is 5.69. The van der Waals surface area contributed by atoms with E-state index in [1.54, 1.807) is 12.4 Å². The molecule has 2 unspecified atom stereocenters. The number of amides is 1. The van der Waals surface area contributed by atoms with Crippen molar-refractivity contribution < 1.29 is 22.7 Å². The first-order valence-corrected chi connectivity index (χ1v) is 12.6. The molecule has 3 N–H and O–H groups in total. The number of halogens is 3. The molecule has 1 aromatic carbocycles. The summed E-state index contributed by atoms with van der Waals surface area (Å²) in [6, 6.07) is 6.57. The first-order chi connectivity index (χ1) is 17.9. The second kappa shape index (κ2) is 11.0. The number of hydrogen-bond acceptors (Lipinski definition) is 5. The number of nitrogens with zero attached hydrogens (tertiary/aromatic N) is 2. The van der Waals surface area contributed by atoms with E-state index >= 15 is 8.78 Å². The summed E-state index contributed by atoms with van der Waals surface area (Å²) in [7, 11) is 0. The fraction of sp³-hybridized carbons (Fsp3) is 0.393. The summed E-state index contributed by atoms with van der Waals surface area (Å²) in [6.07, 6.45) is 8.23. The van der Waals surface area contributed by atoms with E-state index in [1.165, 1.54) is 18.2 Å². The number of carbonyl (C=O) groups excluding carboxylic acids is 1. The van der Waals surface area contributed by atoms with Gasteiger partial charge in [0.1, 0.15) is 28.8 Å². The molecule has 3 heterocycles. The molecule has 2 fully saturated rings. The number of benzene rings is 1. The Labute approximate surface area is 213 Å². The lowest BCUT2D eigenvalue weighted by atomic mass is 9.81.